The second-order valence-electron chi connectivity index (χ2n) is 5.03. The summed E-state index contributed by atoms with van der Waals surface area (Å²) in [6, 6.07) is 13.1. The molecule has 0 aliphatic rings. The number of halogens is 2. The molecule has 0 aromatic heterocycles. The molecule has 5 nitrogen and oxygen atoms in total. The summed E-state index contributed by atoms with van der Waals surface area (Å²) >= 11 is 9.13. The monoisotopic (exact) mass is 430 g/mol. The van der Waals surface area contributed by atoms with Crippen LogP contribution in [0.4, 0.5) is 0 Å². The van der Waals surface area contributed by atoms with E-state index in [0.717, 1.165) is 14.3 Å². The molecule has 0 unspecified atom stereocenters. The quantitative estimate of drug-likeness (QED) is 0.764. The van der Waals surface area contributed by atoms with Crippen LogP contribution in [0.2, 0.25) is 5.02 Å². The highest BCUT2D eigenvalue weighted by atomic mass is 79.9. The lowest BCUT2D eigenvalue weighted by Gasteiger charge is -2.21. The Hall–Kier alpha value is -1.41. The lowest BCUT2D eigenvalue weighted by atomic mass is 10.2. The molecule has 24 heavy (non-hydrogen) atoms. The van der Waals surface area contributed by atoms with Crippen LogP contribution >= 0.6 is 27.5 Å². The summed E-state index contributed by atoms with van der Waals surface area (Å²) in [6.45, 7) is -0.194. The molecular formula is C16H16BrClN2O3S. The van der Waals surface area contributed by atoms with Crippen molar-refractivity contribution in [2.45, 2.75) is 11.4 Å². The van der Waals surface area contributed by atoms with E-state index in [4.69, 9.17) is 11.6 Å². The molecule has 0 aliphatic carbocycles. The fourth-order valence-electron chi connectivity index (χ4n) is 2.01. The maximum Gasteiger partial charge on any atom is 0.243 e. The first-order valence-corrected chi connectivity index (χ1v) is 9.65. The number of hydrogen-bond donors (Lipinski definition) is 1. The van der Waals surface area contributed by atoms with Gasteiger partial charge >= 0.3 is 0 Å². The molecule has 0 atom stereocenters. The molecule has 1 N–H and O–H groups in total. The lowest BCUT2D eigenvalue weighted by Crippen LogP contribution is -2.39. The van der Waals surface area contributed by atoms with Crippen molar-refractivity contribution in [2.24, 2.45) is 0 Å². The number of amides is 1. The molecule has 1 amide bonds. The van der Waals surface area contributed by atoms with Crippen molar-refractivity contribution in [3.8, 4) is 0 Å². The zero-order valence-electron chi connectivity index (χ0n) is 12.9. The highest BCUT2D eigenvalue weighted by molar-refractivity contribution is 9.10. The first kappa shape index (κ1) is 18.9. The molecule has 0 saturated heterocycles. The number of nitrogens with zero attached hydrogens (tertiary/aromatic N) is 1. The molecule has 128 valence electrons. The molecule has 0 fully saturated rings. The maximum atomic E-state index is 12.9. The number of hydrogen-bond acceptors (Lipinski definition) is 3. The summed E-state index contributed by atoms with van der Waals surface area (Å²) in [5.74, 6) is -0.385. The van der Waals surface area contributed by atoms with Gasteiger partial charge in [0.15, 0.2) is 0 Å². The number of sulfonamides is 1. The van der Waals surface area contributed by atoms with Crippen molar-refractivity contribution in [2.75, 3.05) is 13.6 Å². The van der Waals surface area contributed by atoms with E-state index in [0.29, 0.717) is 5.02 Å². The third-order valence-corrected chi connectivity index (χ3v) is 5.91. The van der Waals surface area contributed by atoms with E-state index < -0.39 is 10.0 Å². The number of benzene rings is 2. The lowest BCUT2D eigenvalue weighted by molar-refractivity contribution is -0.120. The molecule has 2 aromatic rings. The minimum Gasteiger partial charge on any atom is -0.358 e. The van der Waals surface area contributed by atoms with Gasteiger partial charge in [0.2, 0.25) is 15.9 Å². The van der Waals surface area contributed by atoms with Crippen molar-refractivity contribution in [1.82, 2.24) is 9.62 Å². The van der Waals surface area contributed by atoms with Crippen LogP contribution in [-0.2, 0) is 21.4 Å². The van der Waals surface area contributed by atoms with E-state index >= 15 is 0 Å². The van der Waals surface area contributed by atoms with Gasteiger partial charge < -0.3 is 5.32 Å². The molecule has 0 heterocycles. The van der Waals surface area contributed by atoms with E-state index in [2.05, 4.69) is 21.2 Å². The summed E-state index contributed by atoms with van der Waals surface area (Å²) in [5, 5.41) is 3.01. The Labute approximate surface area is 154 Å². The Balaban J connectivity index is 2.35. The predicted octanol–water partition coefficient (Wildman–Crippen LogP) is 3.04. The average molecular weight is 432 g/mol. The van der Waals surface area contributed by atoms with Gasteiger partial charge in [0, 0.05) is 23.1 Å². The zero-order valence-corrected chi connectivity index (χ0v) is 16.0. The van der Waals surface area contributed by atoms with Crippen molar-refractivity contribution in [3.63, 3.8) is 0 Å². The van der Waals surface area contributed by atoms with E-state index in [1.165, 1.54) is 19.2 Å². The molecule has 2 rings (SSSR count). The topological polar surface area (TPSA) is 66.5 Å². The second kappa shape index (κ2) is 8.11. The van der Waals surface area contributed by atoms with Crippen LogP contribution < -0.4 is 5.32 Å². The van der Waals surface area contributed by atoms with Gasteiger partial charge in [0.25, 0.3) is 0 Å². The first-order valence-electron chi connectivity index (χ1n) is 7.03. The Morgan fingerprint density at radius 2 is 1.71 bits per heavy atom. The number of nitrogens with one attached hydrogen (secondary N) is 1. The van der Waals surface area contributed by atoms with Crippen LogP contribution in [0.25, 0.3) is 0 Å². The van der Waals surface area contributed by atoms with Gasteiger partial charge in [-0.3, -0.25) is 4.79 Å². The minimum absolute atomic E-state index is 0.0724. The highest BCUT2D eigenvalue weighted by Gasteiger charge is 2.26. The third-order valence-electron chi connectivity index (χ3n) is 3.32. The maximum absolute atomic E-state index is 12.9. The molecule has 0 aliphatic heterocycles. The summed E-state index contributed by atoms with van der Waals surface area (Å²) in [6.07, 6.45) is 0. The fraction of sp³-hybridized carbons (Fsp3) is 0.188. The minimum atomic E-state index is -3.81. The van der Waals surface area contributed by atoms with Gasteiger partial charge in [-0.25, -0.2) is 8.42 Å². The van der Waals surface area contributed by atoms with Gasteiger partial charge in [-0.15, -0.1) is 0 Å². The number of carbonyl (C=O) groups is 1. The summed E-state index contributed by atoms with van der Waals surface area (Å²) in [4.78, 5) is 11.9. The van der Waals surface area contributed by atoms with Crippen LogP contribution in [0.15, 0.2) is 57.9 Å². The number of rotatable bonds is 6. The molecule has 0 saturated carbocycles. The summed E-state index contributed by atoms with van der Waals surface area (Å²) in [5.41, 5.74) is 0.740. The number of carbonyl (C=O) groups excluding carboxylic acids is 1. The van der Waals surface area contributed by atoms with Crippen molar-refractivity contribution < 1.29 is 13.2 Å². The zero-order chi connectivity index (χ0) is 17.7. The van der Waals surface area contributed by atoms with Crippen LogP contribution in [0, 0.1) is 0 Å². The normalized spacial score (nSPS) is 11.5. The van der Waals surface area contributed by atoms with Crippen LogP contribution in [-0.4, -0.2) is 32.2 Å². The molecule has 8 heteroatoms. The van der Waals surface area contributed by atoms with Gasteiger partial charge in [-0.2, -0.15) is 4.31 Å². The first-order chi connectivity index (χ1) is 11.3. The molecular weight excluding hydrogens is 416 g/mol. The Morgan fingerprint density at radius 1 is 1.12 bits per heavy atom. The van der Waals surface area contributed by atoms with Crippen LogP contribution in [0.5, 0.6) is 0 Å². The van der Waals surface area contributed by atoms with Gasteiger partial charge in [0.1, 0.15) is 0 Å². The van der Waals surface area contributed by atoms with E-state index in [9.17, 15) is 13.2 Å². The van der Waals surface area contributed by atoms with Crippen molar-refractivity contribution in [1.29, 1.82) is 0 Å². The number of likely N-dealkylation sites (N-methyl/N-ethyl adjacent to an activating group) is 1. The van der Waals surface area contributed by atoms with Gasteiger partial charge in [-0.1, -0.05) is 39.7 Å². The Bertz CT molecular complexity index is 808. The molecule has 0 radical (unpaired) electrons. The van der Waals surface area contributed by atoms with Crippen LogP contribution in [0.3, 0.4) is 0 Å². The van der Waals surface area contributed by atoms with E-state index in [1.807, 2.05) is 0 Å². The molecule has 0 bridgehead atoms. The summed E-state index contributed by atoms with van der Waals surface area (Å²) < 4.78 is 27.7. The largest absolute Gasteiger partial charge is 0.358 e. The molecule has 0 spiro atoms. The van der Waals surface area contributed by atoms with E-state index in [-0.39, 0.29) is 23.9 Å². The SMILES string of the molecule is CNC(=O)CN(Cc1ccc(Cl)cc1)S(=O)(=O)c1ccc(Br)cc1. The Morgan fingerprint density at radius 3 is 2.25 bits per heavy atom. The average Bonchev–Trinajstić information content (AvgIpc) is 2.56. The van der Waals surface area contributed by atoms with Gasteiger partial charge in [0.05, 0.1) is 11.4 Å². The van der Waals surface area contributed by atoms with Crippen molar-refractivity contribution in [3.05, 3.63) is 63.6 Å². The second-order valence-corrected chi connectivity index (χ2v) is 8.32. The predicted molar refractivity (Wildman–Crippen MR) is 97.3 cm³/mol. The fourth-order valence-corrected chi connectivity index (χ4v) is 3.79. The standard InChI is InChI=1S/C16H16BrClN2O3S/c1-19-16(21)11-20(10-12-2-6-14(18)7-3-12)24(22,23)15-8-4-13(17)5-9-15/h2-9H,10-11H2,1H3,(H,19,21). The Kier molecular flexibility index (Phi) is 6.40. The highest BCUT2D eigenvalue weighted by Crippen LogP contribution is 2.21. The van der Waals surface area contributed by atoms with Crippen LogP contribution in [0.1, 0.15) is 5.56 Å². The molecule has 2 aromatic carbocycles. The van der Waals surface area contributed by atoms with E-state index in [1.54, 1.807) is 36.4 Å². The van der Waals surface area contributed by atoms with Gasteiger partial charge in [-0.05, 0) is 42.0 Å². The smallest absolute Gasteiger partial charge is 0.243 e. The summed E-state index contributed by atoms with van der Waals surface area (Å²) in [7, 11) is -2.35. The third kappa shape index (κ3) is 4.80. The van der Waals surface area contributed by atoms with Crippen molar-refractivity contribution >= 4 is 43.5 Å².